The number of benzene rings is 1. The van der Waals surface area contributed by atoms with Crippen molar-refractivity contribution in [3.05, 3.63) is 58.5 Å². The molecule has 1 amide bonds. The molecule has 0 aliphatic carbocycles. The number of nitrogens with one attached hydrogen (secondary N) is 1. The molecule has 0 saturated heterocycles. The van der Waals surface area contributed by atoms with Crippen molar-refractivity contribution in [2.24, 2.45) is 5.73 Å². The zero-order valence-electron chi connectivity index (χ0n) is 13.9. The first kappa shape index (κ1) is 18.8. The molecule has 27 heavy (non-hydrogen) atoms. The van der Waals surface area contributed by atoms with E-state index < -0.39 is 23.7 Å². The van der Waals surface area contributed by atoms with Crippen molar-refractivity contribution in [2.75, 3.05) is 5.32 Å². The summed E-state index contributed by atoms with van der Waals surface area (Å²) in [6, 6.07) is 4.53. The van der Waals surface area contributed by atoms with E-state index in [9.17, 15) is 18.0 Å². The molecular formula is C17H13ClF3N5O. The summed E-state index contributed by atoms with van der Waals surface area (Å²) in [6.45, 7) is 1.66. The predicted molar refractivity (Wildman–Crippen MR) is 94.3 cm³/mol. The quantitative estimate of drug-likeness (QED) is 0.697. The van der Waals surface area contributed by atoms with Crippen LogP contribution in [0, 0.1) is 0 Å². The van der Waals surface area contributed by atoms with Gasteiger partial charge in [0.1, 0.15) is 17.4 Å². The van der Waals surface area contributed by atoms with Gasteiger partial charge in [0.15, 0.2) is 5.82 Å². The molecule has 1 aromatic carbocycles. The summed E-state index contributed by atoms with van der Waals surface area (Å²) in [7, 11) is 0. The maximum atomic E-state index is 13.1. The Bertz CT molecular complexity index is 1030. The number of hydrogen-bond donors (Lipinski definition) is 2. The SMILES string of the molecule is C[C@H](Nc1ncnc2c(C(N)=O)ccnc12)c1ccc(Cl)c(C(F)(F)F)c1. The molecular weight excluding hydrogens is 383 g/mol. The Morgan fingerprint density at radius 1 is 1.19 bits per heavy atom. The average molecular weight is 396 g/mol. The van der Waals surface area contributed by atoms with Crippen molar-refractivity contribution in [1.29, 1.82) is 0 Å². The van der Waals surface area contributed by atoms with Gasteiger partial charge in [-0.05, 0) is 30.7 Å². The molecule has 0 aliphatic heterocycles. The second-order valence-corrected chi connectivity index (χ2v) is 6.15. The summed E-state index contributed by atoms with van der Waals surface area (Å²) in [6.07, 6.45) is -1.97. The van der Waals surface area contributed by atoms with Gasteiger partial charge < -0.3 is 11.1 Å². The topological polar surface area (TPSA) is 93.8 Å². The molecule has 2 heterocycles. The Morgan fingerprint density at radius 3 is 2.59 bits per heavy atom. The highest BCUT2D eigenvalue weighted by atomic mass is 35.5. The number of nitrogens with two attached hydrogens (primary N) is 1. The van der Waals surface area contributed by atoms with E-state index in [1.807, 2.05) is 0 Å². The Labute approximate surface area is 156 Å². The van der Waals surface area contributed by atoms with E-state index in [-0.39, 0.29) is 27.4 Å². The number of fused-ring (bicyclic) bond motifs is 1. The van der Waals surface area contributed by atoms with Crippen LogP contribution in [0.1, 0.15) is 34.5 Å². The summed E-state index contributed by atoms with van der Waals surface area (Å²) in [5.41, 5.74) is 5.46. The number of carbonyl (C=O) groups excluding carboxylic acids is 1. The monoisotopic (exact) mass is 395 g/mol. The fourth-order valence-corrected chi connectivity index (χ4v) is 2.81. The van der Waals surface area contributed by atoms with Gasteiger partial charge in [0.2, 0.25) is 0 Å². The van der Waals surface area contributed by atoms with Crippen molar-refractivity contribution < 1.29 is 18.0 Å². The number of pyridine rings is 1. The number of halogens is 4. The average Bonchev–Trinajstić information content (AvgIpc) is 2.60. The van der Waals surface area contributed by atoms with E-state index in [0.29, 0.717) is 5.56 Å². The molecule has 6 nitrogen and oxygen atoms in total. The lowest BCUT2D eigenvalue weighted by Gasteiger charge is -2.18. The van der Waals surface area contributed by atoms with Crippen LogP contribution in [0.15, 0.2) is 36.8 Å². The molecule has 0 spiro atoms. The highest BCUT2D eigenvalue weighted by Gasteiger charge is 2.33. The van der Waals surface area contributed by atoms with Crippen LogP contribution in [0.3, 0.4) is 0 Å². The van der Waals surface area contributed by atoms with Gasteiger partial charge in [0.05, 0.1) is 22.2 Å². The van der Waals surface area contributed by atoms with Gasteiger partial charge in [-0.2, -0.15) is 13.2 Å². The van der Waals surface area contributed by atoms with Crippen molar-refractivity contribution in [1.82, 2.24) is 15.0 Å². The second-order valence-electron chi connectivity index (χ2n) is 5.75. The minimum absolute atomic E-state index is 0.170. The van der Waals surface area contributed by atoms with E-state index in [1.165, 1.54) is 30.7 Å². The van der Waals surface area contributed by atoms with Gasteiger partial charge in [-0.1, -0.05) is 17.7 Å². The van der Waals surface area contributed by atoms with Crippen LogP contribution >= 0.6 is 11.6 Å². The third-order valence-electron chi connectivity index (χ3n) is 3.94. The number of rotatable bonds is 4. The first-order valence-electron chi connectivity index (χ1n) is 7.71. The molecule has 0 bridgehead atoms. The number of amides is 1. The van der Waals surface area contributed by atoms with Gasteiger partial charge in [-0.3, -0.25) is 9.78 Å². The fraction of sp³-hybridized carbons (Fsp3) is 0.176. The number of nitrogens with zero attached hydrogens (tertiary/aromatic N) is 3. The summed E-state index contributed by atoms with van der Waals surface area (Å²) in [4.78, 5) is 23.8. The van der Waals surface area contributed by atoms with E-state index >= 15 is 0 Å². The van der Waals surface area contributed by atoms with Crippen molar-refractivity contribution in [3.63, 3.8) is 0 Å². The van der Waals surface area contributed by atoms with Gasteiger partial charge in [-0.15, -0.1) is 0 Å². The second kappa shape index (κ2) is 6.99. The lowest BCUT2D eigenvalue weighted by molar-refractivity contribution is -0.137. The van der Waals surface area contributed by atoms with Gasteiger partial charge >= 0.3 is 6.18 Å². The molecule has 140 valence electrons. The Balaban J connectivity index is 1.99. The molecule has 0 aliphatic rings. The largest absolute Gasteiger partial charge is 0.417 e. The first-order chi connectivity index (χ1) is 12.7. The molecule has 2 aromatic heterocycles. The van der Waals surface area contributed by atoms with Gasteiger partial charge in [0, 0.05) is 6.20 Å². The van der Waals surface area contributed by atoms with Crippen LogP contribution in [-0.4, -0.2) is 20.9 Å². The Hall–Kier alpha value is -2.94. The van der Waals surface area contributed by atoms with E-state index in [2.05, 4.69) is 20.3 Å². The lowest BCUT2D eigenvalue weighted by atomic mass is 10.0. The standard InChI is InChI=1S/C17H13ClF3N5O/c1-8(9-2-3-12(18)11(6-9)17(19,20)21)26-16-14-13(24-7-25-16)10(15(22)27)4-5-23-14/h2-8H,1H3,(H2,22,27)(H,24,25,26)/t8-/m0/s1. The predicted octanol–water partition coefficient (Wildman–Crippen LogP) is 3.97. The molecule has 0 unspecified atom stereocenters. The summed E-state index contributed by atoms with van der Waals surface area (Å²) < 4.78 is 39.2. The van der Waals surface area contributed by atoms with E-state index in [0.717, 1.165) is 6.07 Å². The Kier molecular flexibility index (Phi) is 4.88. The minimum atomic E-state index is -4.56. The minimum Gasteiger partial charge on any atom is -0.366 e. The maximum Gasteiger partial charge on any atom is 0.417 e. The maximum absolute atomic E-state index is 13.1. The zero-order valence-corrected chi connectivity index (χ0v) is 14.6. The summed E-state index contributed by atoms with van der Waals surface area (Å²) >= 11 is 5.66. The van der Waals surface area contributed by atoms with Crippen LogP contribution < -0.4 is 11.1 Å². The summed E-state index contributed by atoms with van der Waals surface area (Å²) in [5, 5.41) is 2.61. The number of primary amides is 1. The molecule has 0 radical (unpaired) electrons. The molecule has 3 N–H and O–H groups in total. The smallest absolute Gasteiger partial charge is 0.366 e. The van der Waals surface area contributed by atoms with Crippen LogP contribution in [-0.2, 0) is 6.18 Å². The number of anilines is 1. The van der Waals surface area contributed by atoms with E-state index in [4.69, 9.17) is 17.3 Å². The number of alkyl halides is 3. The van der Waals surface area contributed by atoms with Crippen LogP contribution in [0.25, 0.3) is 11.0 Å². The number of carbonyl (C=O) groups is 1. The van der Waals surface area contributed by atoms with Crippen molar-refractivity contribution in [3.8, 4) is 0 Å². The number of aromatic nitrogens is 3. The normalized spacial score (nSPS) is 12.8. The van der Waals surface area contributed by atoms with Crippen molar-refractivity contribution in [2.45, 2.75) is 19.1 Å². The zero-order chi connectivity index (χ0) is 19.8. The van der Waals surface area contributed by atoms with Crippen LogP contribution in [0.5, 0.6) is 0 Å². The van der Waals surface area contributed by atoms with Gasteiger partial charge in [-0.25, -0.2) is 9.97 Å². The number of hydrogen-bond acceptors (Lipinski definition) is 5. The highest BCUT2D eigenvalue weighted by Crippen LogP contribution is 2.36. The van der Waals surface area contributed by atoms with E-state index in [1.54, 1.807) is 6.92 Å². The molecule has 1 atom stereocenters. The van der Waals surface area contributed by atoms with Crippen molar-refractivity contribution >= 4 is 34.4 Å². The van der Waals surface area contributed by atoms with Crippen LogP contribution in [0.4, 0.5) is 19.0 Å². The third-order valence-corrected chi connectivity index (χ3v) is 4.27. The van der Waals surface area contributed by atoms with Crippen LogP contribution in [0.2, 0.25) is 5.02 Å². The Morgan fingerprint density at radius 2 is 1.93 bits per heavy atom. The van der Waals surface area contributed by atoms with Gasteiger partial charge in [0.25, 0.3) is 5.91 Å². The summed E-state index contributed by atoms with van der Waals surface area (Å²) in [5.74, 6) is -0.410. The molecule has 10 heteroatoms. The molecule has 3 aromatic rings. The molecule has 0 fully saturated rings. The fourth-order valence-electron chi connectivity index (χ4n) is 2.59. The molecule has 0 saturated carbocycles. The lowest BCUT2D eigenvalue weighted by Crippen LogP contribution is -2.14. The highest BCUT2D eigenvalue weighted by molar-refractivity contribution is 6.31. The molecule has 3 rings (SSSR count). The third kappa shape index (κ3) is 3.77. The first-order valence-corrected chi connectivity index (χ1v) is 8.09.